The molecule has 1 atom stereocenters. The lowest BCUT2D eigenvalue weighted by Gasteiger charge is -2.34. The smallest absolute Gasteiger partial charge is 0.237 e. The number of ether oxygens (including phenoxy) is 1. The molecule has 1 heterocycles. The first-order chi connectivity index (χ1) is 11.7. The molecule has 1 saturated heterocycles. The van der Waals surface area contributed by atoms with Crippen molar-refractivity contribution in [2.75, 3.05) is 39.9 Å². The summed E-state index contributed by atoms with van der Waals surface area (Å²) in [5.74, 6) is -0.141. The first kappa shape index (κ1) is 21.8. The molecule has 7 heteroatoms. The first-order valence-corrected chi connectivity index (χ1v) is 8.66. The van der Waals surface area contributed by atoms with Crippen molar-refractivity contribution in [3.8, 4) is 0 Å². The van der Waals surface area contributed by atoms with Crippen LogP contribution in [0.5, 0.6) is 0 Å². The van der Waals surface area contributed by atoms with Crippen molar-refractivity contribution in [3.05, 3.63) is 35.6 Å². The summed E-state index contributed by atoms with van der Waals surface area (Å²) >= 11 is 0. The lowest BCUT2D eigenvalue weighted by molar-refractivity contribution is -0.127. The highest BCUT2D eigenvalue weighted by Gasteiger charge is 2.28. The van der Waals surface area contributed by atoms with Crippen LogP contribution in [-0.4, -0.2) is 56.7 Å². The predicted molar refractivity (Wildman–Crippen MR) is 99.5 cm³/mol. The zero-order valence-electron chi connectivity index (χ0n) is 14.8. The van der Waals surface area contributed by atoms with Crippen molar-refractivity contribution in [1.82, 2.24) is 15.5 Å². The van der Waals surface area contributed by atoms with E-state index in [0.717, 1.165) is 44.5 Å². The minimum atomic E-state index is -0.229. The van der Waals surface area contributed by atoms with Gasteiger partial charge >= 0.3 is 0 Å². The highest BCUT2D eigenvalue weighted by atomic mass is 35.5. The Morgan fingerprint density at radius 1 is 1.24 bits per heavy atom. The molecule has 0 aliphatic carbocycles. The molecular weight excluding hydrogens is 345 g/mol. The number of likely N-dealkylation sites (tertiary alicyclic amines) is 1. The summed E-state index contributed by atoms with van der Waals surface area (Å²) in [7, 11) is 1.67. The fourth-order valence-electron chi connectivity index (χ4n) is 2.99. The van der Waals surface area contributed by atoms with E-state index >= 15 is 0 Å². The molecule has 25 heavy (non-hydrogen) atoms. The number of rotatable bonds is 9. The normalized spacial score (nSPS) is 17.8. The maximum Gasteiger partial charge on any atom is 0.237 e. The second kappa shape index (κ2) is 12.2. The van der Waals surface area contributed by atoms with Crippen LogP contribution in [-0.2, 0) is 16.1 Å². The van der Waals surface area contributed by atoms with Crippen LogP contribution in [0.15, 0.2) is 24.3 Å². The monoisotopic (exact) mass is 373 g/mol. The van der Waals surface area contributed by atoms with Crippen LogP contribution in [0.25, 0.3) is 0 Å². The van der Waals surface area contributed by atoms with E-state index in [2.05, 4.69) is 15.5 Å². The van der Waals surface area contributed by atoms with E-state index in [0.29, 0.717) is 19.7 Å². The number of carbonyl (C=O) groups excluding carboxylic acids is 1. The Morgan fingerprint density at radius 2 is 2.00 bits per heavy atom. The Bertz CT molecular complexity index is 502. The molecular formula is C18H29ClFN3O2. The quantitative estimate of drug-likeness (QED) is 0.650. The van der Waals surface area contributed by atoms with Crippen molar-refractivity contribution in [2.45, 2.75) is 31.8 Å². The summed E-state index contributed by atoms with van der Waals surface area (Å²) in [6.45, 7) is 4.39. The van der Waals surface area contributed by atoms with Gasteiger partial charge in [-0.1, -0.05) is 18.6 Å². The van der Waals surface area contributed by atoms with Crippen LogP contribution in [0, 0.1) is 5.82 Å². The summed E-state index contributed by atoms with van der Waals surface area (Å²) in [4.78, 5) is 14.7. The van der Waals surface area contributed by atoms with Crippen LogP contribution < -0.4 is 10.6 Å². The molecule has 5 nitrogen and oxygen atoms in total. The van der Waals surface area contributed by atoms with Crippen LogP contribution in [0.1, 0.15) is 24.8 Å². The average Bonchev–Trinajstić information content (AvgIpc) is 2.60. The highest BCUT2D eigenvalue weighted by molar-refractivity contribution is 5.85. The molecule has 0 bridgehead atoms. The molecule has 0 spiro atoms. The molecule has 1 aromatic rings. The number of halogens is 2. The first-order valence-electron chi connectivity index (χ1n) is 8.66. The van der Waals surface area contributed by atoms with Gasteiger partial charge in [-0.25, -0.2) is 4.39 Å². The molecule has 142 valence electrons. The number of hydrogen-bond donors (Lipinski definition) is 2. The Kier molecular flexibility index (Phi) is 10.6. The molecule has 0 radical (unpaired) electrons. The number of piperidine rings is 1. The second-order valence-corrected chi connectivity index (χ2v) is 6.14. The number of benzene rings is 1. The fourth-order valence-corrected chi connectivity index (χ4v) is 2.99. The van der Waals surface area contributed by atoms with Crippen molar-refractivity contribution in [1.29, 1.82) is 0 Å². The molecule has 0 saturated carbocycles. The summed E-state index contributed by atoms with van der Waals surface area (Å²) in [6.07, 6.45) is 3.05. The third-order valence-corrected chi connectivity index (χ3v) is 4.30. The topological polar surface area (TPSA) is 53.6 Å². The van der Waals surface area contributed by atoms with Crippen molar-refractivity contribution < 1.29 is 13.9 Å². The summed E-state index contributed by atoms with van der Waals surface area (Å²) in [6, 6.07) is 6.43. The predicted octanol–water partition coefficient (Wildman–Crippen LogP) is 1.95. The number of amides is 1. The molecule has 1 aliphatic rings. The molecule has 0 aromatic heterocycles. The third kappa shape index (κ3) is 7.69. The zero-order chi connectivity index (χ0) is 17.2. The van der Waals surface area contributed by atoms with Gasteiger partial charge in [-0.2, -0.15) is 0 Å². The van der Waals surface area contributed by atoms with Gasteiger partial charge in [0.1, 0.15) is 5.82 Å². The van der Waals surface area contributed by atoms with Crippen molar-refractivity contribution >= 4 is 18.3 Å². The Morgan fingerprint density at radius 3 is 2.72 bits per heavy atom. The number of nitrogens with one attached hydrogen (secondary N) is 2. The van der Waals surface area contributed by atoms with Gasteiger partial charge < -0.3 is 15.4 Å². The van der Waals surface area contributed by atoms with E-state index in [4.69, 9.17) is 4.74 Å². The van der Waals surface area contributed by atoms with E-state index in [1.807, 2.05) is 0 Å². The van der Waals surface area contributed by atoms with E-state index in [1.54, 1.807) is 19.2 Å². The summed E-state index contributed by atoms with van der Waals surface area (Å²) in [5, 5.41) is 6.22. The SMILES string of the molecule is COCCNCCNC(=O)C1CCCCN1Cc1ccc(F)cc1.Cl. The Labute approximate surface area is 155 Å². The Balaban J connectivity index is 0.00000312. The van der Waals surface area contributed by atoms with Gasteiger partial charge in [-0.05, 0) is 37.1 Å². The fraction of sp³-hybridized carbons (Fsp3) is 0.611. The van der Waals surface area contributed by atoms with E-state index < -0.39 is 0 Å². The molecule has 1 aromatic carbocycles. The molecule has 1 amide bonds. The molecule has 1 aliphatic heterocycles. The number of methoxy groups -OCH3 is 1. The summed E-state index contributed by atoms with van der Waals surface area (Å²) < 4.78 is 18.0. The number of nitrogens with zero attached hydrogens (tertiary/aromatic N) is 1. The van der Waals surface area contributed by atoms with Crippen LogP contribution >= 0.6 is 12.4 Å². The lowest BCUT2D eigenvalue weighted by Crippen LogP contribution is -2.50. The number of carbonyl (C=O) groups is 1. The maximum atomic E-state index is 13.0. The van der Waals surface area contributed by atoms with Gasteiger partial charge in [0.2, 0.25) is 5.91 Å². The van der Waals surface area contributed by atoms with E-state index in [1.165, 1.54) is 12.1 Å². The lowest BCUT2D eigenvalue weighted by atomic mass is 10.0. The third-order valence-electron chi connectivity index (χ3n) is 4.30. The maximum absolute atomic E-state index is 13.0. The second-order valence-electron chi connectivity index (χ2n) is 6.14. The largest absolute Gasteiger partial charge is 0.383 e. The van der Waals surface area contributed by atoms with Gasteiger partial charge in [0, 0.05) is 33.3 Å². The molecule has 1 unspecified atom stereocenters. The molecule has 1 fully saturated rings. The van der Waals surface area contributed by atoms with Gasteiger partial charge in [-0.15, -0.1) is 12.4 Å². The Hall–Kier alpha value is -1.21. The van der Waals surface area contributed by atoms with Crippen molar-refractivity contribution in [2.24, 2.45) is 0 Å². The van der Waals surface area contributed by atoms with E-state index in [-0.39, 0.29) is 30.2 Å². The standard InChI is InChI=1S/C18H28FN3O2.ClH/c1-24-13-11-20-9-10-21-18(23)17-4-2-3-12-22(17)14-15-5-7-16(19)8-6-15;/h5-8,17,20H,2-4,9-14H2,1H3,(H,21,23);1H. The van der Waals surface area contributed by atoms with Crippen LogP contribution in [0.2, 0.25) is 0 Å². The van der Waals surface area contributed by atoms with Gasteiger partial charge in [0.25, 0.3) is 0 Å². The van der Waals surface area contributed by atoms with Gasteiger partial charge in [0.15, 0.2) is 0 Å². The van der Waals surface area contributed by atoms with Crippen LogP contribution in [0.3, 0.4) is 0 Å². The minimum Gasteiger partial charge on any atom is -0.383 e. The highest BCUT2D eigenvalue weighted by Crippen LogP contribution is 2.20. The van der Waals surface area contributed by atoms with E-state index in [9.17, 15) is 9.18 Å². The minimum absolute atomic E-state index is 0. The zero-order valence-corrected chi connectivity index (χ0v) is 15.6. The van der Waals surface area contributed by atoms with Crippen LogP contribution in [0.4, 0.5) is 4.39 Å². The molecule has 2 N–H and O–H groups in total. The summed E-state index contributed by atoms with van der Waals surface area (Å²) in [5.41, 5.74) is 1.04. The molecule has 2 rings (SSSR count). The van der Waals surface area contributed by atoms with Crippen molar-refractivity contribution in [3.63, 3.8) is 0 Å². The van der Waals surface area contributed by atoms with Gasteiger partial charge in [0.05, 0.1) is 12.6 Å². The van der Waals surface area contributed by atoms with Gasteiger partial charge in [-0.3, -0.25) is 9.69 Å². The number of hydrogen-bond acceptors (Lipinski definition) is 4. The average molecular weight is 374 g/mol.